The van der Waals surface area contributed by atoms with Crippen LogP contribution in [0.15, 0.2) is 29.3 Å². The van der Waals surface area contributed by atoms with Crippen LogP contribution in [0.25, 0.3) is 0 Å². The van der Waals surface area contributed by atoms with Gasteiger partial charge in [0.05, 0.1) is 6.54 Å². The Kier molecular flexibility index (Phi) is 5.48. The number of hydrogen-bond donors (Lipinski definition) is 2. The molecule has 0 saturated carbocycles. The third-order valence-corrected chi connectivity index (χ3v) is 2.39. The minimum atomic E-state index is -0.0926. The van der Waals surface area contributed by atoms with Crippen molar-refractivity contribution in [3.63, 3.8) is 0 Å². The van der Waals surface area contributed by atoms with E-state index < -0.39 is 0 Å². The molecule has 1 aromatic rings. The number of nitrogens with one attached hydrogen (secondary N) is 1. The molecule has 1 rings (SSSR count). The molecule has 0 amide bonds. The largest absolute Gasteiger partial charge is 0.489 e. The quantitative estimate of drug-likeness (QED) is 0.660. The summed E-state index contributed by atoms with van der Waals surface area (Å²) in [4.78, 5) is 4.25. The standard InChI is InChI=1S/C14H22ClN3O/c1-10(9-17-13(16)18-14(2,3)4)19-12-7-5-6-11(15)8-12/h5-8,10H,9H2,1-4H3,(H3,16,17,18). The molecule has 0 fully saturated rings. The Morgan fingerprint density at radius 2 is 2.16 bits per heavy atom. The van der Waals surface area contributed by atoms with Crippen LogP contribution in [-0.2, 0) is 0 Å². The van der Waals surface area contributed by atoms with Crippen LogP contribution in [0.5, 0.6) is 5.75 Å². The van der Waals surface area contributed by atoms with Gasteiger partial charge in [0.25, 0.3) is 0 Å². The molecule has 1 aromatic carbocycles. The van der Waals surface area contributed by atoms with Crippen molar-refractivity contribution in [2.75, 3.05) is 6.54 Å². The van der Waals surface area contributed by atoms with Gasteiger partial charge in [0.15, 0.2) is 5.96 Å². The Morgan fingerprint density at radius 1 is 1.47 bits per heavy atom. The Balaban J connectivity index is 2.47. The minimum Gasteiger partial charge on any atom is -0.489 e. The van der Waals surface area contributed by atoms with Crippen molar-refractivity contribution in [1.82, 2.24) is 5.32 Å². The molecule has 5 heteroatoms. The van der Waals surface area contributed by atoms with Crippen molar-refractivity contribution in [2.24, 2.45) is 10.7 Å². The van der Waals surface area contributed by atoms with Gasteiger partial charge in [-0.1, -0.05) is 17.7 Å². The van der Waals surface area contributed by atoms with Crippen LogP contribution in [-0.4, -0.2) is 24.1 Å². The first kappa shape index (κ1) is 15.6. The first-order chi connectivity index (χ1) is 8.76. The highest BCUT2D eigenvalue weighted by molar-refractivity contribution is 6.30. The summed E-state index contributed by atoms with van der Waals surface area (Å²) in [6.07, 6.45) is -0.0706. The highest BCUT2D eigenvalue weighted by atomic mass is 35.5. The zero-order valence-electron chi connectivity index (χ0n) is 11.9. The lowest BCUT2D eigenvalue weighted by atomic mass is 10.1. The lowest BCUT2D eigenvalue weighted by molar-refractivity contribution is 0.230. The van der Waals surface area contributed by atoms with E-state index in [1.54, 1.807) is 6.07 Å². The van der Waals surface area contributed by atoms with Crippen LogP contribution >= 0.6 is 11.6 Å². The summed E-state index contributed by atoms with van der Waals surface area (Å²) in [7, 11) is 0. The zero-order chi connectivity index (χ0) is 14.5. The summed E-state index contributed by atoms with van der Waals surface area (Å²) in [5.41, 5.74) is 5.70. The fourth-order valence-corrected chi connectivity index (χ4v) is 1.64. The molecule has 0 radical (unpaired) electrons. The molecule has 0 aliphatic rings. The third-order valence-electron chi connectivity index (χ3n) is 2.16. The van der Waals surface area contributed by atoms with Crippen LogP contribution in [0, 0.1) is 0 Å². The van der Waals surface area contributed by atoms with Crippen LogP contribution in [0.2, 0.25) is 5.02 Å². The van der Waals surface area contributed by atoms with Gasteiger partial charge in [0.2, 0.25) is 0 Å². The van der Waals surface area contributed by atoms with Gasteiger partial charge in [-0.3, -0.25) is 0 Å². The first-order valence-electron chi connectivity index (χ1n) is 6.26. The highest BCUT2D eigenvalue weighted by Gasteiger charge is 2.10. The second-order valence-electron chi connectivity index (χ2n) is 5.49. The Bertz CT molecular complexity index is 441. The van der Waals surface area contributed by atoms with Crippen LogP contribution in [0.3, 0.4) is 0 Å². The second kappa shape index (κ2) is 6.66. The van der Waals surface area contributed by atoms with Crippen molar-refractivity contribution in [2.45, 2.75) is 39.3 Å². The van der Waals surface area contributed by atoms with Gasteiger partial charge >= 0.3 is 0 Å². The van der Waals surface area contributed by atoms with Crippen LogP contribution in [0.4, 0.5) is 0 Å². The number of ether oxygens (including phenoxy) is 1. The summed E-state index contributed by atoms with van der Waals surface area (Å²) in [6, 6.07) is 7.30. The molecule has 0 bridgehead atoms. The maximum Gasteiger partial charge on any atom is 0.189 e. The molecule has 0 spiro atoms. The van der Waals surface area contributed by atoms with E-state index in [0.29, 0.717) is 17.5 Å². The lowest BCUT2D eigenvalue weighted by Gasteiger charge is -2.21. The summed E-state index contributed by atoms with van der Waals surface area (Å²) in [6.45, 7) is 8.51. The lowest BCUT2D eigenvalue weighted by Crippen LogP contribution is -2.45. The van der Waals surface area contributed by atoms with E-state index in [9.17, 15) is 0 Å². The van der Waals surface area contributed by atoms with Crippen molar-refractivity contribution >= 4 is 17.6 Å². The van der Waals surface area contributed by atoms with E-state index in [4.69, 9.17) is 22.1 Å². The van der Waals surface area contributed by atoms with E-state index >= 15 is 0 Å². The predicted molar refractivity (Wildman–Crippen MR) is 80.9 cm³/mol. The Labute approximate surface area is 120 Å². The zero-order valence-corrected chi connectivity index (χ0v) is 12.7. The van der Waals surface area contributed by atoms with E-state index in [2.05, 4.69) is 10.3 Å². The predicted octanol–water partition coefficient (Wildman–Crippen LogP) is 2.81. The second-order valence-corrected chi connectivity index (χ2v) is 5.92. The molecule has 19 heavy (non-hydrogen) atoms. The van der Waals surface area contributed by atoms with Gasteiger partial charge in [-0.15, -0.1) is 0 Å². The molecule has 0 aromatic heterocycles. The molecular formula is C14H22ClN3O. The van der Waals surface area contributed by atoms with E-state index in [-0.39, 0.29) is 11.6 Å². The molecular weight excluding hydrogens is 262 g/mol. The number of guanidine groups is 1. The summed E-state index contributed by atoms with van der Waals surface area (Å²) in [5, 5.41) is 3.75. The van der Waals surface area contributed by atoms with Gasteiger partial charge in [0, 0.05) is 10.6 Å². The maximum absolute atomic E-state index is 5.89. The number of hydrogen-bond acceptors (Lipinski definition) is 2. The van der Waals surface area contributed by atoms with E-state index in [1.807, 2.05) is 45.9 Å². The van der Waals surface area contributed by atoms with Crippen molar-refractivity contribution < 1.29 is 4.74 Å². The average Bonchev–Trinajstić information content (AvgIpc) is 2.24. The fourth-order valence-electron chi connectivity index (χ4n) is 1.46. The Morgan fingerprint density at radius 3 is 2.74 bits per heavy atom. The summed E-state index contributed by atoms with van der Waals surface area (Å²) in [5.74, 6) is 1.16. The van der Waals surface area contributed by atoms with Crippen molar-refractivity contribution in [3.8, 4) is 5.75 Å². The summed E-state index contributed by atoms with van der Waals surface area (Å²) >= 11 is 5.89. The highest BCUT2D eigenvalue weighted by Crippen LogP contribution is 2.18. The van der Waals surface area contributed by atoms with Gasteiger partial charge in [-0.25, -0.2) is 4.99 Å². The average molecular weight is 284 g/mol. The number of halogens is 1. The monoisotopic (exact) mass is 283 g/mol. The van der Waals surface area contributed by atoms with Gasteiger partial charge in [0.1, 0.15) is 11.9 Å². The Hall–Kier alpha value is -1.42. The third kappa shape index (κ3) is 6.91. The SMILES string of the molecule is CC(CN=C(N)NC(C)(C)C)Oc1cccc(Cl)c1. The van der Waals surface area contributed by atoms with E-state index in [0.717, 1.165) is 5.75 Å². The minimum absolute atomic E-state index is 0.0706. The van der Waals surface area contributed by atoms with Crippen LogP contribution in [0.1, 0.15) is 27.7 Å². The molecule has 3 N–H and O–H groups in total. The van der Waals surface area contributed by atoms with Gasteiger partial charge < -0.3 is 15.8 Å². The number of nitrogens with two attached hydrogens (primary N) is 1. The molecule has 0 saturated heterocycles. The molecule has 1 atom stereocenters. The molecule has 1 unspecified atom stereocenters. The smallest absolute Gasteiger partial charge is 0.189 e. The first-order valence-corrected chi connectivity index (χ1v) is 6.64. The van der Waals surface area contributed by atoms with Gasteiger partial charge in [-0.05, 0) is 45.9 Å². The van der Waals surface area contributed by atoms with E-state index in [1.165, 1.54) is 0 Å². The van der Waals surface area contributed by atoms with Crippen molar-refractivity contribution in [3.05, 3.63) is 29.3 Å². The molecule has 0 aliphatic carbocycles. The topological polar surface area (TPSA) is 59.6 Å². The number of nitrogens with zero attached hydrogens (tertiary/aromatic N) is 1. The molecule has 4 nitrogen and oxygen atoms in total. The van der Waals surface area contributed by atoms with Crippen LogP contribution < -0.4 is 15.8 Å². The maximum atomic E-state index is 5.89. The number of rotatable bonds is 4. The van der Waals surface area contributed by atoms with Crippen molar-refractivity contribution in [1.29, 1.82) is 0 Å². The normalized spacial score (nSPS) is 14.1. The molecule has 0 heterocycles. The van der Waals surface area contributed by atoms with Gasteiger partial charge in [-0.2, -0.15) is 0 Å². The number of benzene rings is 1. The molecule has 106 valence electrons. The summed E-state index contributed by atoms with van der Waals surface area (Å²) < 4.78 is 5.70. The fraction of sp³-hybridized carbons (Fsp3) is 0.500. The number of aliphatic imine (C=N–C) groups is 1. The molecule has 0 aliphatic heterocycles.